The smallest absolute Gasteiger partial charge is 0.123 e. The third-order valence-corrected chi connectivity index (χ3v) is 1.51. The molecule has 0 spiro atoms. The van der Waals surface area contributed by atoms with Gasteiger partial charge in [-0.15, -0.1) is 0 Å². The number of benzene rings is 1. The number of phenols is 1. The first-order chi connectivity index (χ1) is 5.27. The van der Waals surface area contributed by atoms with Crippen LogP contribution >= 0.6 is 0 Å². The minimum atomic E-state index is 0. The Labute approximate surface area is 72.4 Å². The molecule has 0 heterocycles. The maximum Gasteiger partial charge on any atom is 0.123 e. The van der Waals surface area contributed by atoms with Gasteiger partial charge in [-0.05, 0) is 11.6 Å². The van der Waals surface area contributed by atoms with Crippen molar-refractivity contribution < 1.29 is 5.11 Å². The van der Waals surface area contributed by atoms with E-state index in [2.05, 4.69) is 13.2 Å². The van der Waals surface area contributed by atoms with Crippen molar-refractivity contribution in [1.82, 2.24) is 6.15 Å². The van der Waals surface area contributed by atoms with Gasteiger partial charge in [0.2, 0.25) is 0 Å². The van der Waals surface area contributed by atoms with Crippen LogP contribution in [0.3, 0.4) is 0 Å². The number of hydrogen-bond donors (Lipinski definition) is 2. The summed E-state index contributed by atoms with van der Waals surface area (Å²) in [5.74, 6) is 0.248. The van der Waals surface area contributed by atoms with Gasteiger partial charge < -0.3 is 11.3 Å². The average Bonchev–Trinajstić information content (AvgIpc) is 2.04. The van der Waals surface area contributed by atoms with Crippen molar-refractivity contribution in [3.8, 4) is 5.75 Å². The van der Waals surface area contributed by atoms with Crippen LogP contribution in [0.2, 0.25) is 0 Å². The van der Waals surface area contributed by atoms with Gasteiger partial charge in [-0.1, -0.05) is 37.4 Å². The largest absolute Gasteiger partial charge is 0.507 e. The van der Waals surface area contributed by atoms with Gasteiger partial charge in [-0.2, -0.15) is 0 Å². The van der Waals surface area contributed by atoms with Crippen molar-refractivity contribution >= 4 is 12.2 Å². The van der Waals surface area contributed by atoms with E-state index in [9.17, 15) is 5.11 Å². The summed E-state index contributed by atoms with van der Waals surface area (Å²) in [5.41, 5.74) is 1.66. The fraction of sp³-hybridized carbons (Fsp3) is 0. The normalized spacial score (nSPS) is 8.33. The van der Waals surface area contributed by atoms with Gasteiger partial charge in [0.15, 0.2) is 0 Å². The molecule has 1 aromatic carbocycles. The van der Waals surface area contributed by atoms with Crippen LogP contribution in [-0.4, -0.2) is 5.11 Å². The topological polar surface area (TPSA) is 55.2 Å². The molecule has 0 atom stereocenters. The number of phenolic OH excluding ortho intramolecular Hbond substituents is 1. The molecule has 0 aliphatic rings. The fourth-order valence-corrected chi connectivity index (χ4v) is 0.860. The molecule has 12 heavy (non-hydrogen) atoms. The van der Waals surface area contributed by atoms with Crippen molar-refractivity contribution in [1.29, 1.82) is 0 Å². The summed E-state index contributed by atoms with van der Waals surface area (Å²) < 4.78 is 0. The minimum absolute atomic E-state index is 0. The molecule has 1 aromatic rings. The Kier molecular flexibility index (Phi) is 3.80. The van der Waals surface area contributed by atoms with Gasteiger partial charge in [0.25, 0.3) is 0 Å². The minimum Gasteiger partial charge on any atom is -0.507 e. The van der Waals surface area contributed by atoms with E-state index >= 15 is 0 Å². The van der Waals surface area contributed by atoms with Crippen LogP contribution in [0.5, 0.6) is 5.75 Å². The SMILES string of the molecule is C=Cc1ccc(C=C)c(O)c1.N. The van der Waals surface area contributed by atoms with Crippen LogP contribution in [0.25, 0.3) is 12.2 Å². The molecule has 0 radical (unpaired) electrons. The Bertz CT molecular complexity index is 292. The highest BCUT2D eigenvalue weighted by molar-refractivity contribution is 5.60. The quantitative estimate of drug-likeness (QED) is 0.704. The summed E-state index contributed by atoms with van der Waals surface area (Å²) in [5, 5.41) is 9.30. The van der Waals surface area contributed by atoms with Crippen LogP contribution in [0.1, 0.15) is 11.1 Å². The van der Waals surface area contributed by atoms with Crippen molar-refractivity contribution in [2.24, 2.45) is 0 Å². The van der Waals surface area contributed by atoms with Gasteiger partial charge >= 0.3 is 0 Å². The number of hydrogen-bond acceptors (Lipinski definition) is 2. The Balaban J connectivity index is 0.00000121. The van der Waals surface area contributed by atoms with E-state index in [0.717, 1.165) is 11.1 Å². The first-order valence-corrected chi connectivity index (χ1v) is 3.36. The number of aromatic hydroxyl groups is 1. The van der Waals surface area contributed by atoms with Crippen LogP contribution < -0.4 is 6.15 Å². The van der Waals surface area contributed by atoms with Crippen LogP contribution in [0, 0.1) is 0 Å². The van der Waals surface area contributed by atoms with Gasteiger partial charge in [-0.3, -0.25) is 0 Å². The fourth-order valence-electron chi connectivity index (χ4n) is 0.860. The van der Waals surface area contributed by atoms with E-state index in [-0.39, 0.29) is 11.9 Å². The predicted molar refractivity (Wildman–Crippen MR) is 53.3 cm³/mol. The summed E-state index contributed by atoms with van der Waals surface area (Å²) in [4.78, 5) is 0. The molecule has 2 heteroatoms. The Morgan fingerprint density at radius 2 is 1.83 bits per heavy atom. The monoisotopic (exact) mass is 163 g/mol. The van der Waals surface area contributed by atoms with E-state index < -0.39 is 0 Å². The van der Waals surface area contributed by atoms with Crippen LogP contribution in [0.15, 0.2) is 31.4 Å². The molecular formula is C10H13NO. The maximum atomic E-state index is 9.30. The van der Waals surface area contributed by atoms with Gasteiger partial charge in [-0.25, -0.2) is 0 Å². The maximum absolute atomic E-state index is 9.30. The molecule has 0 fully saturated rings. The van der Waals surface area contributed by atoms with Crippen molar-refractivity contribution in [2.75, 3.05) is 0 Å². The molecule has 0 aliphatic carbocycles. The molecule has 0 bridgehead atoms. The lowest BCUT2D eigenvalue weighted by Crippen LogP contribution is -1.75. The summed E-state index contributed by atoms with van der Waals surface area (Å²) in [6, 6.07) is 5.34. The van der Waals surface area contributed by atoms with Crippen molar-refractivity contribution in [3.63, 3.8) is 0 Å². The third-order valence-electron chi connectivity index (χ3n) is 1.51. The number of rotatable bonds is 2. The molecule has 0 unspecified atom stereocenters. The van der Waals surface area contributed by atoms with Crippen LogP contribution in [0.4, 0.5) is 0 Å². The first kappa shape index (κ1) is 10.5. The molecular weight excluding hydrogens is 150 g/mol. The molecule has 0 saturated carbocycles. The van der Waals surface area contributed by atoms with Gasteiger partial charge in [0.05, 0.1) is 0 Å². The summed E-state index contributed by atoms with van der Waals surface area (Å²) in [7, 11) is 0. The molecule has 64 valence electrons. The van der Waals surface area contributed by atoms with E-state index in [4.69, 9.17) is 0 Å². The molecule has 2 nitrogen and oxygen atoms in total. The predicted octanol–water partition coefficient (Wildman–Crippen LogP) is 2.84. The summed E-state index contributed by atoms with van der Waals surface area (Å²) >= 11 is 0. The Morgan fingerprint density at radius 3 is 2.25 bits per heavy atom. The molecule has 0 aliphatic heterocycles. The lowest BCUT2D eigenvalue weighted by molar-refractivity contribution is 0.474. The van der Waals surface area contributed by atoms with E-state index in [1.54, 1.807) is 24.3 Å². The van der Waals surface area contributed by atoms with Crippen molar-refractivity contribution in [3.05, 3.63) is 42.5 Å². The second-order valence-electron chi connectivity index (χ2n) is 2.23. The second kappa shape index (κ2) is 4.36. The summed E-state index contributed by atoms with van der Waals surface area (Å²) in [6.45, 7) is 7.15. The molecule has 0 amide bonds. The lowest BCUT2D eigenvalue weighted by atomic mass is 10.1. The summed E-state index contributed by atoms with van der Waals surface area (Å²) in [6.07, 6.45) is 3.30. The van der Waals surface area contributed by atoms with E-state index in [1.807, 2.05) is 6.07 Å². The van der Waals surface area contributed by atoms with E-state index in [0.29, 0.717) is 0 Å². The second-order valence-corrected chi connectivity index (χ2v) is 2.23. The zero-order valence-electron chi connectivity index (χ0n) is 6.96. The lowest BCUT2D eigenvalue weighted by Gasteiger charge is -1.98. The standard InChI is InChI=1S/C10H10O.H3N/c1-3-8-5-6-9(4-2)10(11)7-8;/h3-7,11H,1-2H2;1H3. The van der Waals surface area contributed by atoms with E-state index in [1.165, 1.54) is 0 Å². The highest BCUT2D eigenvalue weighted by Gasteiger charge is 1.95. The zero-order chi connectivity index (χ0) is 8.27. The van der Waals surface area contributed by atoms with Gasteiger partial charge in [0, 0.05) is 5.56 Å². The van der Waals surface area contributed by atoms with Crippen molar-refractivity contribution in [2.45, 2.75) is 0 Å². The Morgan fingerprint density at radius 1 is 1.17 bits per heavy atom. The average molecular weight is 163 g/mol. The molecule has 0 saturated heterocycles. The highest BCUT2D eigenvalue weighted by atomic mass is 16.3. The highest BCUT2D eigenvalue weighted by Crippen LogP contribution is 2.19. The molecule has 4 N–H and O–H groups in total. The molecule has 0 aromatic heterocycles. The zero-order valence-corrected chi connectivity index (χ0v) is 6.96. The van der Waals surface area contributed by atoms with Gasteiger partial charge in [0.1, 0.15) is 5.75 Å². The van der Waals surface area contributed by atoms with Crippen LogP contribution in [-0.2, 0) is 0 Å². The third kappa shape index (κ3) is 1.97. The Hall–Kier alpha value is -1.54. The molecule has 1 rings (SSSR count). The first-order valence-electron chi connectivity index (χ1n) is 3.36.